The summed E-state index contributed by atoms with van der Waals surface area (Å²) in [5.41, 5.74) is 0.710. The van der Waals surface area contributed by atoms with Gasteiger partial charge in [-0.25, -0.2) is 24.4 Å². The van der Waals surface area contributed by atoms with Gasteiger partial charge in [0.15, 0.2) is 0 Å². The van der Waals surface area contributed by atoms with Crippen LogP contribution in [0.3, 0.4) is 0 Å². The second-order valence-corrected chi connectivity index (χ2v) is 8.21. The van der Waals surface area contributed by atoms with E-state index in [-0.39, 0.29) is 30.9 Å². The smallest absolute Gasteiger partial charge is 0.414 e. The zero-order valence-electron chi connectivity index (χ0n) is 20.0. The highest BCUT2D eigenvalue weighted by molar-refractivity contribution is 5.80. The predicted molar refractivity (Wildman–Crippen MR) is 126 cm³/mol. The van der Waals surface area contributed by atoms with Crippen molar-refractivity contribution in [3.05, 3.63) is 36.2 Å². The highest BCUT2D eigenvalue weighted by Gasteiger charge is 2.32. The first-order valence-corrected chi connectivity index (χ1v) is 11.4. The SMILES string of the molecule is CCOC(=O)C1CCCCN1c1ncnc(N[C@@H](Cc2ccc(OC(=O)N(C)C)cc2)C(=O)O)n1. The fourth-order valence-electron chi connectivity index (χ4n) is 3.63. The Labute approximate surface area is 203 Å². The third kappa shape index (κ3) is 7.01. The Morgan fingerprint density at radius 1 is 1.20 bits per heavy atom. The quantitative estimate of drug-likeness (QED) is 0.501. The molecule has 2 N–H and O–H groups in total. The summed E-state index contributed by atoms with van der Waals surface area (Å²) >= 11 is 0. The molecule has 188 valence electrons. The molecule has 3 rings (SSSR count). The predicted octanol–water partition coefficient (Wildman–Crippen LogP) is 1.96. The van der Waals surface area contributed by atoms with E-state index in [0.717, 1.165) is 12.8 Å². The molecule has 1 aromatic heterocycles. The van der Waals surface area contributed by atoms with Crippen molar-refractivity contribution < 1.29 is 29.0 Å². The van der Waals surface area contributed by atoms with Crippen LogP contribution in [-0.2, 0) is 20.7 Å². The van der Waals surface area contributed by atoms with E-state index < -0.39 is 24.1 Å². The zero-order chi connectivity index (χ0) is 25.4. The molecular formula is C23H30N6O6. The molecule has 0 saturated carbocycles. The highest BCUT2D eigenvalue weighted by Crippen LogP contribution is 2.23. The summed E-state index contributed by atoms with van der Waals surface area (Å²) in [5, 5.41) is 12.6. The first-order valence-electron chi connectivity index (χ1n) is 11.4. The fraction of sp³-hybridized carbons (Fsp3) is 0.478. The van der Waals surface area contributed by atoms with Crippen LogP contribution < -0.4 is 15.0 Å². The number of carboxylic acid groups (broad SMARTS) is 1. The Morgan fingerprint density at radius 3 is 2.60 bits per heavy atom. The molecule has 0 aliphatic carbocycles. The summed E-state index contributed by atoms with van der Waals surface area (Å²) in [6.07, 6.45) is 3.31. The number of aliphatic carboxylic acids is 1. The number of carbonyl (C=O) groups excluding carboxylic acids is 2. The van der Waals surface area contributed by atoms with Crippen molar-refractivity contribution in [1.29, 1.82) is 0 Å². The van der Waals surface area contributed by atoms with Gasteiger partial charge in [-0.05, 0) is 43.9 Å². The number of carbonyl (C=O) groups is 3. The normalized spacial score (nSPS) is 16.2. The van der Waals surface area contributed by atoms with Crippen LogP contribution in [0, 0.1) is 0 Å². The van der Waals surface area contributed by atoms with Gasteiger partial charge in [0, 0.05) is 27.1 Å². The fourth-order valence-corrected chi connectivity index (χ4v) is 3.63. The number of rotatable bonds is 9. The molecule has 0 bridgehead atoms. The van der Waals surface area contributed by atoms with Gasteiger partial charge in [-0.1, -0.05) is 12.1 Å². The molecule has 2 aromatic rings. The Hall–Kier alpha value is -3.96. The molecule has 1 fully saturated rings. The van der Waals surface area contributed by atoms with Gasteiger partial charge in [-0.15, -0.1) is 0 Å². The van der Waals surface area contributed by atoms with Crippen LogP contribution in [0.5, 0.6) is 5.75 Å². The van der Waals surface area contributed by atoms with Crippen LogP contribution in [0.15, 0.2) is 30.6 Å². The summed E-state index contributed by atoms with van der Waals surface area (Å²) in [6.45, 7) is 2.62. The number of piperidine rings is 1. The summed E-state index contributed by atoms with van der Waals surface area (Å²) in [5.74, 6) is -0.682. The molecule has 12 nitrogen and oxygen atoms in total. The van der Waals surface area contributed by atoms with Gasteiger partial charge < -0.3 is 29.7 Å². The van der Waals surface area contributed by atoms with Crippen LogP contribution in [0.2, 0.25) is 0 Å². The second kappa shape index (κ2) is 12.0. The molecule has 0 spiro atoms. The molecule has 1 aliphatic heterocycles. The van der Waals surface area contributed by atoms with Crippen LogP contribution in [-0.4, -0.2) is 82.3 Å². The Kier molecular flexibility index (Phi) is 8.76. The van der Waals surface area contributed by atoms with Gasteiger partial charge in [0.1, 0.15) is 24.2 Å². The molecular weight excluding hydrogens is 456 g/mol. The molecule has 2 heterocycles. The molecule has 1 unspecified atom stereocenters. The molecule has 2 atom stereocenters. The van der Waals surface area contributed by atoms with E-state index in [0.29, 0.717) is 24.3 Å². The summed E-state index contributed by atoms with van der Waals surface area (Å²) in [4.78, 5) is 51.7. The van der Waals surface area contributed by atoms with Gasteiger partial charge in [0.2, 0.25) is 11.9 Å². The van der Waals surface area contributed by atoms with E-state index in [2.05, 4.69) is 20.3 Å². The summed E-state index contributed by atoms with van der Waals surface area (Å²) in [6, 6.07) is 5.06. The lowest BCUT2D eigenvalue weighted by atomic mass is 10.0. The maximum Gasteiger partial charge on any atom is 0.414 e. The van der Waals surface area contributed by atoms with Crippen LogP contribution in [0.25, 0.3) is 0 Å². The maximum atomic E-state index is 12.4. The first-order chi connectivity index (χ1) is 16.8. The average Bonchev–Trinajstić information content (AvgIpc) is 2.85. The Bertz CT molecular complexity index is 1030. The monoisotopic (exact) mass is 486 g/mol. The van der Waals surface area contributed by atoms with Crippen molar-refractivity contribution in [2.45, 2.75) is 44.7 Å². The van der Waals surface area contributed by atoms with Crippen molar-refractivity contribution in [2.75, 3.05) is 37.5 Å². The molecule has 1 aliphatic rings. The molecule has 0 radical (unpaired) electrons. The number of amides is 1. The van der Waals surface area contributed by atoms with Gasteiger partial charge in [-0.2, -0.15) is 4.98 Å². The summed E-state index contributed by atoms with van der Waals surface area (Å²) < 4.78 is 10.4. The molecule has 12 heteroatoms. The van der Waals surface area contributed by atoms with Crippen molar-refractivity contribution >= 4 is 29.9 Å². The average molecular weight is 487 g/mol. The molecule has 35 heavy (non-hydrogen) atoms. The Balaban J connectivity index is 1.70. The van der Waals surface area contributed by atoms with Gasteiger partial charge in [0.25, 0.3) is 0 Å². The van der Waals surface area contributed by atoms with Crippen molar-refractivity contribution in [3.63, 3.8) is 0 Å². The number of aromatic nitrogens is 3. The summed E-state index contributed by atoms with van der Waals surface area (Å²) in [7, 11) is 3.16. The maximum absolute atomic E-state index is 12.4. The number of anilines is 2. The van der Waals surface area contributed by atoms with E-state index in [4.69, 9.17) is 9.47 Å². The molecule has 1 saturated heterocycles. The lowest BCUT2D eigenvalue weighted by Crippen LogP contribution is -2.46. The third-order valence-corrected chi connectivity index (χ3v) is 5.41. The number of nitrogens with one attached hydrogen (secondary N) is 1. The van der Waals surface area contributed by atoms with Crippen LogP contribution >= 0.6 is 0 Å². The minimum atomic E-state index is -1.09. The minimum absolute atomic E-state index is 0.0899. The van der Waals surface area contributed by atoms with Crippen molar-refractivity contribution in [2.24, 2.45) is 0 Å². The second-order valence-electron chi connectivity index (χ2n) is 8.21. The zero-order valence-corrected chi connectivity index (χ0v) is 20.0. The number of nitrogens with zero attached hydrogens (tertiary/aromatic N) is 5. The number of hydrogen-bond acceptors (Lipinski definition) is 10. The van der Waals surface area contributed by atoms with Gasteiger partial charge >= 0.3 is 18.0 Å². The molecule has 1 aromatic carbocycles. The van der Waals surface area contributed by atoms with E-state index in [1.54, 1.807) is 50.2 Å². The van der Waals surface area contributed by atoms with Crippen molar-refractivity contribution in [1.82, 2.24) is 19.9 Å². The number of carboxylic acids is 1. The third-order valence-electron chi connectivity index (χ3n) is 5.41. The van der Waals surface area contributed by atoms with Crippen LogP contribution in [0.1, 0.15) is 31.7 Å². The van der Waals surface area contributed by atoms with E-state index in [1.165, 1.54) is 11.2 Å². The van der Waals surface area contributed by atoms with Crippen molar-refractivity contribution in [3.8, 4) is 5.75 Å². The lowest BCUT2D eigenvalue weighted by Gasteiger charge is -2.33. The van der Waals surface area contributed by atoms with Crippen LogP contribution in [0.4, 0.5) is 16.7 Å². The Morgan fingerprint density at radius 2 is 1.94 bits per heavy atom. The van der Waals surface area contributed by atoms with E-state index in [9.17, 15) is 19.5 Å². The molecule has 1 amide bonds. The number of ether oxygens (including phenoxy) is 2. The standard InChI is InChI=1S/C23H30N6O6/c1-4-34-20(32)18-7-5-6-12-29(18)22-25-14-24-21(27-22)26-17(19(30)31)13-15-8-10-16(11-9-15)35-23(33)28(2)3/h8-11,14,17-18H,4-7,12-13H2,1-3H3,(H,30,31)(H,24,25,26,27)/t17-,18?/m0/s1. The van der Waals surface area contributed by atoms with E-state index >= 15 is 0 Å². The number of benzene rings is 1. The highest BCUT2D eigenvalue weighted by atomic mass is 16.6. The number of hydrogen-bond donors (Lipinski definition) is 2. The topological polar surface area (TPSA) is 147 Å². The lowest BCUT2D eigenvalue weighted by molar-refractivity contribution is -0.145. The first kappa shape index (κ1) is 25.7. The largest absolute Gasteiger partial charge is 0.480 e. The number of esters is 1. The van der Waals surface area contributed by atoms with E-state index in [1.807, 2.05) is 0 Å². The van der Waals surface area contributed by atoms with Gasteiger partial charge in [0.05, 0.1) is 6.61 Å². The van der Waals surface area contributed by atoms with Gasteiger partial charge in [-0.3, -0.25) is 0 Å². The minimum Gasteiger partial charge on any atom is -0.480 e.